The average Bonchev–Trinajstić information content (AvgIpc) is 2.59. The van der Waals surface area contributed by atoms with E-state index in [0.29, 0.717) is 0 Å². The van der Waals surface area contributed by atoms with E-state index in [1.165, 1.54) is 6.07 Å². The number of hydrogen-bond donors (Lipinski definition) is 7. The quantitative estimate of drug-likeness (QED) is 0.350. The van der Waals surface area contributed by atoms with Crippen molar-refractivity contribution < 1.29 is 45.2 Å². The van der Waals surface area contributed by atoms with Crippen LogP contribution in [0.3, 0.4) is 0 Å². The molecule has 28 heavy (non-hydrogen) atoms. The van der Waals surface area contributed by atoms with Gasteiger partial charge in [0.25, 0.3) is 12.1 Å². The summed E-state index contributed by atoms with van der Waals surface area (Å²) in [7, 11) is 3.85. The summed E-state index contributed by atoms with van der Waals surface area (Å²) in [4.78, 5) is 1.93. The second-order valence-electron chi connectivity index (χ2n) is 6.29. The van der Waals surface area contributed by atoms with Crippen molar-refractivity contribution in [1.29, 1.82) is 0 Å². The molecule has 1 aliphatic rings. The molecule has 0 radical (unpaired) electrons. The molecule has 0 saturated carbocycles. The van der Waals surface area contributed by atoms with E-state index in [1.807, 2.05) is 19.0 Å². The zero-order valence-corrected chi connectivity index (χ0v) is 15.3. The summed E-state index contributed by atoms with van der Waals surface area (Å²) in [6.45, 7) is 1.02. The Hall–Kier alpha value is -2.92. The van der Waals surface area contributed by atoms with Gasteiger partial charge >= 0.3 is 0 Å². The van der Waals surface area contributed by atoms with E-state index < -0.39 is 29.3 Å². The standard InChI is InChI=1S/C14H12O8.C4H11NO/c15-7-4-10(18)12-11(5-7)22-14(20,13(19)21-12)6-1-2-8(16)9(17)3-6;1-5(2)3-4-6/h1-5,13,15-20H;6H,3-4H2,1-2H3. The Bertz CT molecular complexity index is 827. The van der Waals surface area contributed by atoms with Gasteiger partial charge in [0.15, 0.2) is 23.0 Å². The van der Waals surface area contributed by atoms with Gasteiger partial charge in [0.2, 0.25) is 5.75 Å². The van der Waals surface area contributed by atoms with E-state index in [1.54, 1.807) is 0 Å². The molecule has 0 spiro atoms. The molecule has 2 aromatic carbocycles. The SMILES string of the molecule is CN(C)CCO.Oc1cc(O)c2c(c1)OC(O)(c1ccc(O)c(O)c1)C(O)O2. The van der Waals surface area contributed by atoms with E-state index in [2.05, 4.69) is 0 Å². The van der Waals surface area contributed by atoms with Crippen molar-refractivity contribution >= 4 is 0 Å². The fraction of sp³-hybridized carbons (Fsp3) is 0.333. The second-order valence-corrected chi connectivity index (χ2v) is 6.29. The maximum absolute atomic E-state index is 10.5. The van der Waals surface area contributed by atoms with Gasteiger partial charge in [-0.15, -0.1) is 0 Å². The highest BCUT2D eigenvalue weighted by molar-refractivity contribution is 5.56. The van der Waals surface area contributed by atoms with Crippen molar-refractivity contribution in [3.63, 3.8) is 0 Å². The summed E-state index contributed by atoms with van der Waals surface area (Å²) in [5, 5.41) is 66.5. The Kier molecular flexibility index (Phi) is 6.41. The van der Waals surface area contributed by atoms with E-state index in [4.69, 9.17) is 14.6 Å². The number of benzene rings is 2. The Balaban J connectivity index is 0.000000409. The van der Waals surface area contributed by atoms with Crippen molar-refractivity contribution in [1.82, 2.24) is 4.90 Å². The molecule has 2 atom stereocenters. The lowest BCUT2D eigenvalue weighted by Crippen LogP contribution is -2.50. The van der Waals surface area contributed by atoms with Crippen molar-refractivity contribution in [2.24, 2.45) is 0 Å². The highest BCUT2D eigenvalue weighted by Gasteiger charge is 2.47. The van der Waals surface area contributed by atoms with Crippen LogP contribution in [0.5, 0.6) is 34.5 Å². The van der Waals surface area contributed by atoms with Gasteiger partial charge in [-0.3, -0.25) is 0 Å². The molecule has 0 saturated heterocycles. The van der Waals surface area contributed by atoms with Crippen molar-refractivity contribution in [3.05, 3.63) is 35.9 Å². The first-order valence-corrected chi connectivity index (χ1v) is 8.18. The van der Waals surface area contributed by atoms with Gasteiger partial charge < -0.3 is 50.1 Å². The van der Waals surface area contributed by atoms with Gasteiger partial charge in [-0.25, -0.2) is 0 Å². The zero-order chi connectivity index (χ0) is 21.1. The molecule has 0 fully saturated rings. The molecule has 10 nitrogen and oxygen atoms in total. The minimum Gasteiger partial charge on any atom is -0.508 e. The first-order chi connectivity index (χ1) is 13.1. The van der Waals surface area contributed by atoms with Crippen LogP contribution in [0.4, 0.5) is 0 Å². The second kappa shape index (κ2) is 8.40. The summed E-state index contributed by atoms with van der Waals surface area (Å²) < 4.78 is 10.3. The summed E-state index contributed by atoms with van der Waals surface area (Å²) in [6, 6.07) is 5.33. The summed E-state index contributed by atoms with van der Waals surface area (Å²) in [5.41, 5.74) is -0.108. The lowest BCUT2D eigenvalue weighted by Gasteiger charge is -2.37. The van der Waals surface area contributed by atoms with Crippen LogP contribution in [-0.2, 0) is 5.79 Å². The molecule has 0 bridgehead atoms. The maximum atomic E-state index is 10.5. The number of likely N-dealkylation sites (N-methyl/N-ethyl adjacent to an activating group) is 1. The Morgan fingerprint density at radius 2 is 1.68 bits per heavy atom. The third-order valence-corrected chi connectivity index (χ3v) is 3.79. The fourth-order valence-corrected chi connectivity index (χ4v) is 2.32. The van der Waals surface area contributed by atoms with Crippen LogP contribution in [0.15, 0.2) is 30.3 Å². The smallest absolute Gasteiger partial charge is 0.298 e. The molecular weight excluding hydrogens is 374 g/mol. The molecule has 0 aromatic heterocycles. The van der Waals surface area contributed by atoms with Crippen molar-refractivity contribution in [2.75, 3.05) is 27.2 Å². The molecule has 0 aliphatic carbocycles. The number of aliphatic hydroxyl groups is 3. The molecule has 2 unspecified atom stereocenters. The molecule has 2 aromatic rings. The molecule has 7 N–H and O–H groups in total. The van der Waals surface area contributed by atoms with E-state index >= 15 is 0 Å². The Labute approximate surface area is 160 Å². The fourth-order valence-electron chi connectivity index (χ4n) is 2.32. The molecule has 154 valence electrons. The predicted molar refractivity (Wildman–Crippen MR) is 96.3 cm³/mol. The third kappa shape index (κ3) is 4.49. The van der Waals surface area contributed by atoms with Gasteiger partial charge in [0.1, 0.15) is 5.75 Å². The molecule has 1 aliphatic heterocycles. The number of nitrogens with zero attached hydrogens (tertiary/aromatic N) is 1. The van der Waals surface area contributed by atoms with Crippen LogP contribution in [0.1, 0.15) is 5.56 Å². The van der Waals surface area contributed by atoms with Crippen LogP contribution < -0.4 is 9.47 Å². The molecule has 1 heterocycles. The Morgan fingerprint density at radius 1 is 1.00 bits per heavy atom. The largest absolute Gasteiger partial charge is 0.508 e. The van der Waals surface area contributed by atoms with Crippen molar-refractivity contribution in [3.8, 4) is 34.5 Å². The number of hydrogen-bond acceptors (Lipinski definition) is 10. The van der Waals surface area contributed by atoms with Gasteiger partial charge in [-0.2, -0.15) is 0 Å². The van der Waals surface area contributed by atoms with Gasteiger partial charge in [-0.05, 0) is 32.3 Å². The number of aliphatic hydroxyl groups excluding tert-OH is 2. The Morgan fingerprint density at radius 3 is 2.21 bits per heavy atom. The van der Waals surface area contributed by atoms with Crippen LogP contribution in [0.25, 0.3) is 0 Å². The first kappa shape index (κ1) is 21.4. The number of rotatable bonds is 3. The van der Waals surface area contributed by atoms with Gasteiger partial charge in [0.05, 0.1) is 6.61 Å². The lowest BCUT2D eigenvalue weighted by atomic mass is 10.0. The monoisotopic (exact) mass is 397 g/mol. The highest BCUT2D eigenvalue weighted by Crippen LogP contribution is 2.48. The molecule has 3 rings (SSSR count). The van der Waals surface area contributed by atoms with Gasteiger partial charge in [0, 0.05) is 24.2 Å². The number of phenols is 4. The number of aromatic hydroxyl groups is 4. The molecule has 10 heteroatoms. The van der Waals surface area contributed by atoms with Crippen LogP contribution in [0, 0.1) is 0 Å². The average molecular weight is 397 g/mol. The molecular formula is C18H23NO9. The maximum Gasteiger partial charge on any atom is 0.298 e. The van der Waals surface area contributed by atoms with E-state index in [9.17, 15) is 30.6 Å². The minimum absolute atomic E-state index is 0.108. The first-order valence-electron chi connectivity index (χ1n) is 8.18. The lowest BCUT2D eigenvalue weighted by molar-refractivity contribution is -0.287. The van der Waals surface area contributed by atoms with Crippen molar-refractivity contribution in [2.45, 2.75) is 12.1 Å². The van der Waals surface area contributed by atoms with Crippen LogP contribution >= 0.6 is 0 Å². The predicted octanol–water partition coefficient (Wildman–Crippen LogP) is -0.0158. The van der Waals surface area contributed by atoms with Gasteiger partial charge in [-0.1, -0.05) is 0 Å². The summed E-state index contributed by atoms with van der Waals surface area (Å²) >= 11 is 0. The summed E-state index contributed by atoms with van der Waals surface area (Å²) in [6.07, 6.45) is -1.93. The van der Waals surface area contributed by atoms with E-state index in [-0.39, 0.29) is 29.4 Å². The highest BCUT2D eigenvalue weighted by atomic mass is 16.7. The normalized spacial score (nSPS) is 20.4. The third-order valence-electron chi connectivity index (χ3n) is 3.79. The number of ether oxygens (including phenoxy) is 2. The molecule has 0 amide bonds. The van der Waals surface area contributed by atoms with Crippen LogP contribution in [-0.4, -0.2) is 74.2 Å². The minimum atomic E-state index is -2.42. The number of fused-ring (bicyclic) bond motifs is 1. The van der Waals surface area contributed by atoms with E-state index in [0.717, 1.165) is 30.8 Å². The van der Waals surface area contributed by atoms with Crippen LogP contribution in [0.2, 0.25) is 0 Å². The zero-order valence-electron chi connectivity index (χ0n) is 15.3. The summed E-state index contributed by atoms with van der Waals surface area (Å²) in [5.74, 6) is -4.66. The topological polar surface area (TPSA) is 163 Å². The number of phenolic OH excluding ortho intramolecular Hbond substituents is 4.